The maximum atomic E-state index is 13.2. The molecule has 0 radical (unpaired) electrons. The molecule has 1 aromatic rings. The summed E-state index contributed by atoms with van der Waals surface area (Å²) >= 11 is 0. The third-order valence-corrected chi connectivity index (χ3v) is 3.96. The van der Waals surface area contributed by atoms with Gasteiger partial charge in [-0.25, -0.2) is 22.3 Å². The van der Waals surface area contributed by atoms with E-state index in [0.717, 1.165) is 31.7 Å². The second kappa shape index (κ2) is 6.63. The average Bonchev–Trinajstić information content (AvgIpc) is 2.38. The first kappa shape index (κ1) is 15.6. The first-order valence-corrected chi connectivity index (χ1v) is 7.28. The number of hydrogen-bond acceptors (Lipinski definition) is 4. The molecule has 0 saturated heterocycles. The third kappa shape index (κ3) is 4.00. The fourth-order valence-corrected chi connectivity index (χ4v) is 2.74. The van der Waals surface area contributed by atoms with E-state index >= 15 is 0 Å². The summed E-state index contributed by atoms with van der Waals surface area (Å²) in [5, 5.41) is 0. The highest BCUT2D eigenvalue weighted by molar-refractivity contribution is 7.89. The van der Waals surface area contributed by atoms with Crippen LogP contribution in [0.2, 0.25) is 0 Å². The van der Waals surface area contributed by atoms with Crippen LogP contribution in [0.3, 0.4) is 0 Å². The minimum Gasteiger partial charge on any atom is -0.465 e. The summed E-state index contributed by atoms with van der Waals surface area (Å²) in [6.07, 6.45) is 1.47. The Morgan fingerprint density at radius 1 is 1.42 bits per heavy atom. The minimum absolute atomic E-state index is 0.187. The second-order valence-corrected chi connectivity index (χ2v) is 5.62. The van der Waals surface area contributed by atoms with Crippen LogP contribution in [-0.2, 0) is 14.8 Å². The predicted molar refractivity (Wildman–Crippen MR) is 67.8 cm³/mol. The lowest BCUT2D eigenvalue weighted by Gasteiger charge is -2.10. The monoisotopic (exact) mass is 289 g/mol. The maximum absolute atomic E-state index is 13.2. The maximum Gasteiger partial charge on any atom is 0.339 e. The predicted octanol–water partition coefficient (Wildman–Crippen LogP) is 1.69. The van der Waals surface area contributed by atoms with Gasteiger partial charge in [-0.2, -0.15) is 0 Å². The van der Waals surface area contributed by atoms with Crippen molar-refractivity contribution in [2.75, 3.05) is 13.7 Å². The number of halogens is 1. The molecule has 7 heteroatoms. The normalized spacial score (nSPS) is 11.3. The van der Waals surface area contributed by atoms with Gasteiger partial charge in [0.15, 0.2) is 0 Å². The van der Waals surface area contributed by atoms with Crippen LogP contribution in [0.15, 0.2) is 23.1 Å². The first-order chi connectivity index (χ1) is 8.92. The molecule has 0 spiro atoms. The number of carbonyl (C=O) groups is 1. The molecule has 0 atom stereocenters. The van der Waals surface area contributed by atoms with E-state index in [1.54, 1.807) is 0 Å². The summed E-state index contributed by atoms with van der Waals surface area (Å²) in [7, 11) is -2.80. The Kier molecular flexibility index (Phi) is 5.44. The number of sulfonamides is 1. The van der Waals surface area contributed by atoms with E-state index in [9.17, 15) is 17.6 Å². The Hall–Kier alpha value is -1.47. The van der Waals surface area contributed by atoms with Crippen LogP contribution in [0, 0.1) is 5.82 Å². The molecular weight excluding hydrogens is 273 g/mol. The molecule has 0 fully saturated rings. The number of ether oxygens (including phenoxy) is 1. The molecule has 19 heavy (non-hydrogen) atoms. The van der Waals surface area contributed by atoms with E-state index in [1.165, 1.54) is 0 Å². The summed E-state index contributed by atoms with van der Waals surface area (Å²) in [6.45, 7) is 2.15. The number of methoxy groups -OCH3 is 1. The van der Waals surface area contributed by atoms with Gasteiger partial charge in [0, 0.05) is 6.54 Å². The fourth-order valence-electron chi connectivity index (χ4n) is 1.46. The average molecular weight is 289 g/mol. The summed E-state index contributed by atoms with van der Waals surface area (Å²) in [5.41, 5.74) is -0.187. The number of benzene rings is 1. The second-order valence-electron chi connectivity index (χ2n) is 3.88. The summed E-state index contributed by atoms with van der Waals surface area (Å²) < 4.78 is 44.0. The van der Waals surface area contributed by atoms with Crippen molar-refractivity contribution in [3.63, 3.8) is 0 Å². The highest BCUT2D eigenvalue weighted by atomic mass is 32.2. The molecule has 0 aromatic heterocycles. The molecule has 0 amide bonds. The Bertz CT molecular complexity index is 557. The summed E-state index contributed by atoms with van der Waals surface area (Å²) in [5.74, 6) is -1.56. The fraction of sp³-hybridized carbons (Fsp3) is 0.417. The molecule has 1 N–H and O–H groups in total. The Morgan fingerprint density at radius 2 is 2.11 bits per heavy atom. The third-order valence-electron chi connectivity index (χ3n) is 2.46. The Morgan fingerprint density at radius 3 is 2.68 bits per heavy atom. The van der Waals surface area contributed by atoms with Crippen molar-refractivity contribution in [1.82, 2.24) is 4.72 Å². The molecule has 0 aliphatic rings. The standard InChI is InChI=1S/C12H16FNO4S/c1-3-4-7-14-19(16,17)11-8-9(13)5-6-10(11)12(15)18-2/h5-6,8,14H,3-4,7H2,1-2H3. The zero-order chi connectivity index (χ0) is 14.5. The molecule has 5 nitrogen and oxygen atoms in total. The lowest BCUT2D eigenvalue weighted by atomic mass is 10.2. The lowest BCUT2D eigenvalue weighted by molar-refractivity contribution is 0.0596. The smallest absolute Gasteiger partial charge is 0.339 e. The molecule has 0 aliphatic carbocycles. The molecule has 106 valence electrons. The van der Waals surface area contributed by atoms with E-state index < -0.39 is 26.7 Å². The van der Waals surface area contributed by atoms with E-state index in [2.05, 4.69) is 9.46 Å². The molecule has 1 aromatic carbocycles. The topological polar surface area (TPSA) is 72.5 Å². The van der Waals surface area contributed by atoms with Gasteiger partial charge in [-0.15, -0.1) is 0 Å². The van der Waals surface area contributed by atoms with Crippen molar-refractivity contribution in [2.45, 2.75) is 24.7 Å². The van der Waals surface area contributed by atoms with Gasteiger partial charge in [0.2, 0.25) is 10.0 Å². The Labute approximate surface area is 111 Å². The van der Waals surface area contributed by atoms with Gasteiger partial charge in [-0.05, 0) is 24.6 Å². The summed E-state index contributed by atoms with van der Waals surface area (Å²) in [4.78, 5) is 11.1. The highest BCUT2D eigenvalue weighted by Gasteiger charge is 2.23. The van der Waals surface area contributed by atoms with Crippen LogP contribution in [-0.4, -0.2) is 28.0 Å². The Balaban J connectivity index is 3.16. The molecule has 0 aliphatic heterocycles. The van der Waals surface area contributed by atoms with Crippen LogP contribution in [0.4, 0.5) is 4.39 Å². The highest BCUT2D eigenvalue weighted by Crippen LogP contribution is 2.18. The van der Waals surface area contributed by atoms with Gasteiger partial charge in [0.25, 0.3) is 0 Å². The zero-order valence-corrected chi connectivity index (χ0v) is 11.6. The van der Waals surface area contributed by atoms with Crippen molar-refractivity contribution >= 4 is 16.0 Å². The summed E-state index contributed by atoms with van der Waals surface area (Å²) in [6, 6.07) is 2.91. The van der Waals surface area contributed by atoms with E-state index in [1.807, 2.05) is 6.92 Å². The molecule has 0 bridgehead atoms. The molecular formula is C12H16FNO4S. The van der Waals surface area contributed by atoms with Gasteiger partial charge >= 0.3 is 5.97 Å². The van der Waals surface area contributed by atoms with E-state index in [-0.39, 0.29) is 12.1 Å². The van der Waals surface area contributed by atoms with Gasteiger partial charge in [0.05, 0.1) is 17.6 Å². The van der Waals surface area contributed by atoms with Crippen LogP contribution in [0.5, 0.6) is 0 Å². The van der Waals surface area contributed by atoms with Gasteiger partial charge < -0.3 is 4.74 Å². The molecule has 1 rings (SSSR count). The van der Waals surface area contributed by atoms with Crippen molar-refractivity contribution in [2.24, 2.45) is 0 Å². The number of rotatable bonds is 6. The van der Waals surface area contributed by atoms with Crippen LogP contribution < -0.4 is 4.72 Å². The van der Waals surface area contributed by atoms with Crippen LogP contribution in [0.25, 0.3) is 0 Å². The first-order valence-electron chi connectivity index (χ1n) is 5.80. The van der Waals surface area contributed by atoms with Crippen LogP contribution in [0.1, 0.15) is 30.1 Å². The van der Waals surface area contributed by atoms with Gasteiger partial charge in [-0.1, -0.05) is 13.3 Å². The minimum atomic E-state index is -3.93. The van der Waals surface area contributed by atoms with Crippen LogP contribution >= 0.6 is 0 Å². The molecule has 0 unspecified atom stereocenters. The zero-order valence-electron chi connectivity index (χ0n) is 10.8. The number of unbranched alkanes of at least 4 members (excludes halogenated alkanes) is 1. The largest absolute Gasteiger partial charge is 0.465 e. The SMILES string of the molecule is CCCCNS(=O)(=O)c1cc(F)ccc1C(=O)OC. The van der Waals surface area contributed by atoms with Crippen molar-refractivity contribution in [3.8, 4) is 0 Å². The number of esters is 1. The van der Waals surface area contributed by atoms with E-state index in [0.29, 0.717) is 6.42 Å². The van der Waals surface area contributed by atoms with Gasteiger partial charge in [-0.3, -0.25) is 0 Å². The molecule has 0 saturated carbocycles. The van der Waals surface area contributed by atoms with Crippen molar-refractivity contribution in [3.05, 3.63) is 29.6 Å². The quantitative estimate of drug-likeness (QED) is 0.639. The number of nitrogens with one attached hydrogen (secondary N) is 1. The van der Waals surface area contributed by atoms with Crippen molar-refractivity contribution in [1.29, 1.82) is 0 Å². The van der Waals surface area contributed by atoms with E-state index in [4.69, 9.17) is 0 Å². The number of hydrogen-bond donors (Lipinski definition) is 1. The number of carbonyl (C=O) groups excluding carboxylic acids is 1. The lowest BCUT2D eigenvalue weighted by Crippen LogP contribution is -2.26. The van der Waals surface area contributed by atoms with Gasteiger partial charge in [0.1, 0.15) is 5.82 Å². The van der Waals surface area contributed by atoms with Crippen molar-refractivity contribution < 1.29 is 22.3 Å². The molecule has 0 heterocycles.